The van der Waals surface area contributed by atoms with E-state index in [9.17, 15) is 13.2 Å². The van der Waals surface area contributed by atoms with Crippen LogP contribution >= 0.6 is 0 Å². The number of benzene rings is 3. The minimum Gasteiger partial charge on any atom is -0.369 e. The second-order valence-corrected chi connectivity index (χ2v) is 11.4. The quantitative estimate of drug-likeness (QED) is 0.226. The lowest BCUT2D eigenvalue weighted by atomic mass is 9.86. The molecule has 0 aromatic heterocycles. The molecule has 3 aromatic rings. The Morgan fingerprint density at radius 2 is 1.02 bits per heavy atom. The van der Waals surface area contributed by atoms with Crippen LogP contribution in [0.25, 0.3) is 0 Å². The van der Waals surface area contributed by atoms with Crippen LogP contribution in [0.1, 0.15) is 42.4 Å². The van der Waals surface area contributed by atoms with Gasteiger partial charge in [0.25, 0.3) is 0 Å². The maximum atomic E-state index is 12.7. The minimum absolute atomic E-state index is 0.242. The second kappa shape index (κ2) is 15.1. The normalized spacial score (nSPS) is 25.4. The van der Waals surface area contributed by atoms with Gasteiger partial charge in [-0.05, 0) is 48.3 Å². The third-order valence-corrected chi connectivity index (χ3v) is 8.12. The van der Waals surface area contributed by atoms with Crippen molar-refractivity contribution in [1.29, 1.82) is 0 Å². The highest BCUT2D eigenvalue weighted by molar-refractivity contribution is 5.15. The summed E-state index contributed by atoms with van der Waals surface area (Å²) in [6, 6.07) is 30.3. The van der Waals surface area contributed by atoms with Gasteiger partial charge in [-0.2, -0.15) is 0 Å². The number of halogens is 3. The van der Waals surface area contributed by atoms with Gasteiger partial charge in [-0.25, -0.2) is 0 Å². The molecule has 3 aromatic carbocycles. The Bertz CT molecular complexity index is 1120. The van der Waals surface area contributed by atoms with Gasteiger partial charge in [0.1, 0.15) is 6.10 Å². The lowest BCUT2D eigenvalue weighted by molar-refractivity contribution is -0.345. The van der Waals surface area contributed by atoms with Crippen LogP contribution in [-0.4, -0.2) is 55.3 Å². The first kappa shape index (κ1) is 30.7. The summed E-state index contributed by atoms with van der Waals surface area (Å²) < 4.78 is 62.2. The van der Waals surface area contributed by atoms with Gasteiger partial charge < -0.3 is 14.2 Å². The topological polar surface area (TPSA) is 40.2 Å². The summed E-state index contributed by atoms with van der Waals surface area (Å²) in [4.78, 5) is 2.35. The van der Waals surface area contributed by atoms with Crippen molar-refractivity contribution in [2.24, 2.45) is 5.92 Å². The molecule has 0 spiro atoms. The molecule has 1 unspecified atom stereocenters. The molecule has 8 heteroatoms. The third-order valence-electron chi connectivity index (χ3n) is 8.12. The van der Waals surface area contributed by atoms with Crippen molar-refractivity contribution in [3.63, 3.8) is 0 Å². The van der Waals surface area contributed by atoms with Gasteiger partial charge >= 0.3 is 6.36 Å². The van der Waals surface area contributed by atoms with Crippen LogP contribution in [0.4, 0.5) is 13.2 Å². The number of hydrogen-bond donors (Lipinski definition) is 0. The van der Waals surface area contributed by atoms with Crippen LogP contribution in [-0.2, 0) is 38.8 Å². The smallest absolute Gasteiger partial charge is 0.369 e. The molecule has 1 saturated carbocycles. The predicted molar refractivity (Wildman–Crippen MR) is 154 cm³/mol. The Balaban J connectivity index is 1.29. The largest absolute Gasteiger partial charge is 0.522 e. The number of likely N-dealkylation sites (tertiary alicyclic amines) is 1. The number of alkyl halides is 3. The molecular formula is C34H40F3NO4. The van der Waals surface area contributed by atoms with Crippen molar-refractivity contribution in [3.05, 3.63) is 108 Å². The molecule has 0 N–H and O–H groups in total. The molecule has 1 saturated heterocycles. The average Bonchev–Trinajstić information content (AvgIpc) is 3.00. The van der Waals surface area contributed by atoms with Crippen molar-refractivity contribution in [1.82, 2.24) is 4.90 Å². The highest BCUT2D eigenvalue weighted by Crippen LogP contribution is 2.32. The molecule has 2 fully saturated rings. The second-order valence-electron chi connectivity index (χ2n) is 11.4. The van der Waals surface area contributed by atoms with Gasteiger partial charge in [0.2, 0.25) is 0 Å². The summed E-state index contributed by atoms with van der Waals surface area (Å²) in [6.45, 7) is 3.46. The Morgan fingerprint density at radius 1 is 0.595 bits per heavy atom. The van der Waals surface area contributed by atoms with Gasteiger partial charge in [-0.1, -0.05) is 91.0 Å². The van der Waals surface area contributed by atoms with Gasteiger partial charge in [-0.3, -0.25) is 9.64 Å². The fourth-order valence-electron chi connectivity index (χ4n) is 6.00. The summed E-state index contributed by atoms with van der Waals surface area (Å²) in [5, 5.41) is 0. The van der Waals surface area contributed by atoms with Crippen LogP contribution < -0.4 is 0 Å². The average molecular weight is 584 g/mol. The Hall–Kier alpha value is -2.75. The van der Waals surface area contributed by atoms with E-state index in [-0.39, 0.29) is 18.3 Å². The van der Waals surface area contributed by atoms with Crippen molar-refractivity contribution >= 4 is 0 Å². The molecule has 2 aliphatic rings. The van der Waals surface area contributed by atoms with E-state index in [1.165, 1.54) is 0 Å². The van der Waals surface area contributed by atoms with Gasteiger partial charge in [0.05, 0.1) is 38.1 Å². The zero-order valence-corrected chi connectivity index (χ0v) is 23.8. The van der Waals surface area contributed by atoms with E-state index in [1.807, 2.05) is 91.0 Å². The van der Waals surface area contributed by atoms with E-state index in [0.717, 1.165) is 23.2 Å². The maximum Gasteiger partial charge on any atom is 0.522 e. The van der Waals surface area contributed by atoms with E-state index in [4.69, 9.17) is 14.2 Å². The van der Waals surface area contributed by atoms with E-state index in [2.05, 4.69) is 9.64 Å². The lowest BCUT2D eigenvalue weighted by Crippen LogP contribution is -2.58. The van der Waals surface area contributed by atoms with Crippen molar-refractivity contribution < 1.29 is 32.1 Å². The molecule has 226 valence electrons. The summed E-state index contributed by atoms with van der Waals surface area (Å²) >= 11 is 0. The van der Waals surface area contributed by atoms with Crippen molar-refractivity contribution in [2.75, 3.05) is 19.6 Å². The van der Waals surface area contributed by atoms with Crippen molar-refractivity contribution in [2.45, 2.75) is 76.3 Å². The molecule has 0 bridgehead atoms. The fourth-order valence-corrected chi connectivity index (χ4v) is 6.00. The zero-order chi connectivity index (χ0) is 29.2. The number of rotatable bonds is 12. The van der Waals surface area contributed by atoms with Crippen LogP contribution in [0, 0.1) is 5.92 Å². The third kappa shape index (κ3) is 9.64. The predicted octanol–water partition coefficient (Wildman–Crippen LogP) is 7.15. The molecule has 5 nitrogen and oxygen atoms in total. The van der Waals surface area contributed by atoms with Crippen LogP contribution in [0.5, 0.6) is 0 Å². The standard InChI is InChI=1S/C34H40F3NO4/c35-34(36,37)42-30-18-16-26(17-19-30)20-38-21-31(39-23-27-10-4-1-5-11-27)33(41-25-29-14-8-3-9-15-29)32(22-38)40-24-28-12-6-2-7-13-28/h1-15,26,30-33H,16-25H2/t26?,30?,31-,32+,33?. The maximum absolute atomic E-state index is 12.7. The highest BCUT2D eigenvalue weighted by Gasteiger charge is 2.41. The first-order chi connectivity index (χ1) is 20.4. The highest BCUT2D eigenvalue weighted by atomic mass is 19.4. The molecule has 0 radical (unpaired) electrons. The first-order valence-corrected chi connectivity index (χ1v) is 14.8. The molecule has 0 amide bonds. The number of nitrogens with zero attached hydrogens (tertiary/aromatic N) is 1. The van der Waals surface area contributed by atoms with Gasteiger partial charge in [-0.15, -0.1) is 13.2 Å². The summed E-state index contributed by atoms with van der Waals surface area (Å²) in [5.74, 6) is 0.296. The zero-order valence-electron chi connectivity index (χ0n) is 23.8. The van der Waals surface area contributed by atoms with Gasteiger partial charge in [0, 0.05) is 19.6 Å². The van der Waals surface area contributed by atoms with Crippen LogP contribution in [0.2, 0.25) is 0 Å². The van der Waals surface area contributed by atoms with Crippen LogP contribution in [0.15, 0.2) is 91.0 Å². The SMILES string of the molecule is FC(F)(F)OC1CCC(CN2C[C@H](OCc3ccccc3)C(OCc3ccccc3)[C@H](OCc3ccccc3)C2)CC1. The van der Waals surface area contributed by atoms with Crippen LogP contribution in [0.3, 0.4) is 0 Å². The minimum atomic E-state index is -4.58. The molecular weight excluding hydrogens is 543 g/mol. The summed E-state index contributed by atoms with van der Waals surface area (Å²) in [5.41, 5.74) is 3.25. The summed E-state index contributed by atoms with van der Waals surface area (Å²) in [6.07, 6.45) is -3.85. The molecule has 1 aliphatic carbocycles. The Morgan fingerprint density at radius 3 is 1.45 bits per heavy atom. The monoisotopic (exact) mass is 583 g/mol. The number of ether oxygens (including phenoxy) is 4. The molecule has 42 heavy (non-hydrogen) atoms. The molecule has 1 aliphatic heterocycles. The van der Waals surface area contributed by atoms with Crippen molar-refractivity contribution in [3.8, 4) is 0 Å². The molecule has 3 atom stereocenters. The van der Waals surface area contributed by atoms with E-state index in [0.29, 0.717) is 64.5 Å². The van der Waals surface area contributed by atoms with Gasteiger partial charge in [0.15, 0.2) is 0 Å². The van der Waals surface area contributed by atoms with E-state index >= 15 is 0 Å². The summed E-state index contributed by atoms with van der Waals surface area (Å²) in [7, 11) is 0. The number of piperidine rings is 1. The number of hydrogen-bond acceptors (Lipinski definition) is 5. The molecule has 1 heterocycles. The molecule has 5 rings (SSSR count). The Kier molecular flexibility index (Phi) is 11.1. The van der Waals surface area contributed by atoms with E-state index < -0.39 is 12.5 Å². The van der Waals surface area contributed by atoms with E-state index in [1.54, 1.807) is 0 Å². The first-order valence-electron chi connectivity index (χ1n) is 14.8. The Labute approximate surface area is 246 Å². The fraction of sp³-hybridized carbons (Fsp3) is 0.471. The lowest BCUT2D eigenvalue weighted by Gasteiger charge is -2.44.